The summed E-state index contributed by atoms with van der Waals surface area (Å²) >= 11 is 0. The first-order valence-corrected chi connectivity index (χ1v) is 8.36. The van der Waals surface area contributed by atoms with Gasteiger partial charge in [0.1, 0.15) is 18.5 Å². The van der Waals surface area contributed by atoms with Crippen molar-refractivity contribution in [2.24, 2.45) is 0 Å². The van der Waals surface area contributed by atoms with E-state index in [1.165, 1.54) is 29.1 Å². The number of nitro groups is 1. The van der Waals surface area contributed by atoms with Crippen molar-refractivity contribution in [1.29, 1.82) is 0 Å². The van der Waals surface area contributed by atoms with Crippen molar-refractivity contribution in [3.8, 4) is 5.75 Å². The zero-order valence-electron chi connectivity index (χ0n) is 15.0. The Morgan fingerprint density at radius 2 is 1.93 bits per heavy atom. The Morgan fingerprint density at radius 3 is 2.59 bits per heavy atom. The van der Waals surface area contributed by atoms with E-state index < -0.39 is 16.6 Å². The maximum absolute atomic E-state index is 12.6. The average Bonchev–Trinajstić information content (AvgIpc) is 2.61. The lowest BCUT2D eigenvalue weighted by Gasteiger charge is -2.14. The van der Waals surface area contributed by atoms with Crippen LogP contribution in [0.1, 0.15) is 11.1 Å². The summed E-state index contributed by atoms with van der Waals surface area (Å²) in [6.45, 7) is 3.88. The highest BCUT2D eigenvalue weighted by Crippen LogP contribution is 2.17. The van der Waals surface area contributed by atoms with Gasteiger partial charge in [0.25, 0.3) is 11.2 Å². The molecule has 3 aromatic rings. The predicted octanol–water partition coefficient (Wildman–Crippen LogP) is 2.36. The molecule has 27 heavy (non-hydrogen) atoms. The summed E-state index contributed by atoms with van der Waals surface area (Å²) in [5, 5.41) is 21.3. The quantitative estimate of drug-likeness (QED) is 0.528. The Kier molecular flexibility index (Phi) is 5.18. The van der Waals surface area contributed by atoms with Crippen molar-refractivity contribution >= 4 is 16.6 Å². The molecular formula is C19H19N3O5. The van der Waals surface area contributed by atoms with Gasteiger partial charge in [-0.3, -0.25) is 19.5 Å². The molecule has 0 radical (unpaired) electrons. The van der Waals surface area contributed by atoms with Crippen LogP contribution in [0, 0.1) is 24.0 Å². The topological polar surface area (TPSA) is 107 Å². The lowest BCUT2D eigenvalue weighted by atomic mass is 10.1. The Hall–Kier alpha value is -3.26. The third kappa shape index (κ3) is 4.29. The molecular weight excluding hydrogens is 350 g/mol. The minimum absolute atomic E-state index is 0.00229. The molecule has 0 bridgehead atoms. The molecule has 0 aliphatic rings. The fraction of sp³-hybridized carbons (Fsp3) is 0.263. The second kappa shape index (κ2) is 7.55. The summed E-state index contributed by atoms with van der Waals surface area (Å²) in [5.41, 5.74) is 1.84. The fourth-order valence-corrected chi connectivity index (χ4v) is 2.88. The van der Waals surface area contributed by atoms with Gasteiger partial charge in [-0.2, -0.15) is 0 Å². The number of benzene rings is 2. The minimum atomic E-state index is -0.943. The molecule has 0 amide bonds. The molecule has 3 rings (SSSR count). The summed E-state index contributed by atoms with van der Waals surface area (Å²) in [5.74, 6) is 0.645. The van der Waals surface area contributed by atoms with Crippen LogP contribution >= 0.6 is 0 Å². The average molecular weight is 369 g/mol. The molecule has 0 saturated heterocycles. The number of nitro benzene ring substituents is 1. The second-order valence-electron chi connectivity index (χ2n) is 6.45. The van der Waals surface area contributed by atoms with E-state index in [2.05, 4.69) is 4.98 Å². The summed E-state index contributed by atoms with van der Waals surface area (Å²) in [7, 11) is 0. The Morgan fingerprint density at radius 1 is 1.22 bits per heavy atom. The normalized spacial score (nSPS) is 12.1. The number of aryl methyl sites for hydroxylation is 2. The highest BCUT2D eigenvalue weighted by molar-refractivity contribution is 5.79. The molecule has 1 unspecified atom stereocenters. The van der Waals surface area contributed by atoms with E-state index in [1.54, 1.807) is 0 Å². The Labute approximate surface area is 154 Å². The summed E-state index contributed by atoms with van der Waals surface area (Å²) in [6, 6.07) is 9.66. The number of aromatic nitrogens is 2. The lowest BCUT2D eigenvalue weighted by molar-refractivity contribution is -0.384. The van der Waals surface area contributed by atoms with Crippen molar-refractivity contribution in [2.75, 3.05) is 6.61 Å². The SMILES string of the molecule is Cc1cc(C)cc(OCC(O)Cn2cnc3ccc([N+](=O)[O-])cc3c2=O)c1. The first-order chi connectivity index (χ1) is 12.8. The minimum Gasteiger partial charge on any atom is -0.491 e. The molecule has 0 aliphatic carbocycles. The van der Waals surface area contributed by atoms with Gasteiger partial charge < -0.3 is 9.84 Å². The summed E-state index contributed by atoms with van der Waals surface area (Å²) < 4.78 is 6.83. The molecule has 1 atom stereocenters. The smallest absolute Gasteiger partial charge is 0.270 e. The summed E-state index contributed by atoms with van der Waals surface area (Å²) in [6.07, 6.45) is 0.373. The summed E-state index contributed by atoms with van der Waals surface area (Å²) in [4.78, 5) is 27.0. The molecule has 140 valence electrons. The number of aliphatic hydroxyl groups is 1. The number of rotatable bonds is 6. The van der Waals surface area contributed by atoms with E-state index in [-0.39, 0.29) is 24.2 Å². The van der Waals surface area contributed by atoms with E-state index in [0.717, 1.165) is 11.1 Å². The van der Waals surface area contributed by atoms with Gasteiger partial charge in [-0.15, -0.1) is 0 Å². The number of hydrogen-bond acceptors (Lipinski definition) is 6. The van der Waals surface area contributed by atoms with Crippen LogP contribution in [-0.2, 0) is 6.54 Å². The van der Waals surface area contributed by atoms with Crippen molar-refractivity contribution in [3.05, 3.63) is 74.3 Å². The molecule has 1 N–H and O–H groups in total. The van der Waals surface area contributed by atoms with Crippen LogP contribution < -0.4 is 10.3 Å². The molecule has 2 aromatic carbocycles. The molecule has 0 fully saturated rings. The number of nitrogens with zero attached hydrogens (tertiary/aromatic N) is 3. The van der Waals surface area contributed by atoms with Crippen LogP contribution in [0.4, 0.5) is 5.69 Å². The molecule has 8 heteroatoms. The van der Waals surface area contributed by atoms with Gasteiger partial charge in [-0.05, 0) is 43.2 Å². The largest absolute Gasteiger partial charge is 0.491 e. The third-order valence-electron chi connectivity index (χ3n) is 4.06. The van der Waals surface area contributed by atoms with Crippen LogP contribution in [0.5, 0.6) is 5.75 Å². The van der Waals surface area contributed by atoms with Gasteiger partial charge in [0.2, 0.25) is 0 Å². The van der Waals surface area contributed by atoms with Crippen molar-refractivity contribution in [3.63, 3.8) is 0 Å². The second-order valence-corrected chi connectivity index (χ2v) is 6.45. The number of hydrogen-bond donors (Lipinski definition) is 1. The van der Waals surface area contributed by atoms with Gasteiger partial charge in [0, 0.05) is 12.1 Å². The lowest BCUT2D eigenvalue weighted by Crippen LogP contribution is -2.30. The number of ether oxygens (including phenoxy) is 1. The van der Waals surface area contributed by atoms with Gasteiger partial charge in [0.15, 0.2) is 0 Å². The van der Waals surface area contributed by atoms with Crippen LogP contribution in [0.2, 0.25) is 0 Å². The molecule has 0 saturated carbocycles. The fourth-order valence-electron chi connectivity index (χ4n) is 2.88. The van der Waals surface area contributed by atoms with E-state index in [0.29, 0.717) is 11.3 Å². The standard InChI is InChI=1S/C19H19N3O5/c1-12-5-13(2)7-16(6-12)27-10-15(23)9-21-11-20-18-4-3-14(22(25)26)8-17(18)19(21)24/h3-8,11,15,23H,9-10H2,1-2H3. The molecule has 1 heterocycles. The van der Waals surface area contributed by atoms with Gasteiger partial charge >= 0.3 is 0 Å². The maximum Gasteiger partial charge on any atom is 0.270 e. The molecule has 1 aromatic heterocycles. The Balaban J connectivity index is 1.76. The number of non-ortho nitro benzene ring substituents is 1. The van der Waals surface area contributed by atoms with Crippen molar-refractivity contribution < 1.29 is 14.8 Å². The third-order valence-corrected chi connectivity index (χ3v) is 4.06. The number of fused-ring (bicyclic) bond motifs is 1. The van der Waals surface area contributed by atoms with Crippen molar-refractivity contribution in [1.82, 2.24) is 9.55 Å². The zero-order chi connectivity index (χ0) is 19.6. The van der Waals surface area contributed by atoms with Crippen LogP contribution in [0.3, 0.4) is 0 Å². The van der Waals surface area contributed by atoms with E-state index in [4.69, 9.17) is 4.74 Å². The molecule has 8 nitrogen and oxygen atoms in total. The van der Waals surface area contributed by atoms with Crippen molar-refractivity contribution in [2.45, 2.75) is 26.5 Å². The van der Waals surface area contributed by atoms with Crippen LogP contribution in [-0.4, -0.2) is 32.3 Å². The molecule has 0 aliphatic heterocycles. The van der Waals surface area contributed by atoms with Crippen LogP contribution in [0.15, 0.2) is 47.5 Å². The number of aliphatic hydroxyl groups excluding tert-OH is 1. The highest BCUT2D eigenvalue weighted by Gasteiger charge is 2.13. The zero-order valence-corrected chi connectivity index (χ0v) is 15.0. The first-order valence-electron chi connectivity index (χ1n) is 8.36. The molecule has 0 spiro atoms. The van der Waals surface area contributed by atoms with Gasteiger partial charge in [-0.1, -0.05) is 6.07 Å². The monoisotopic (exact) mass is 369 g/mol. The highest BCUT2D eigenvalue weighted by atomic mass is 16.6. The Bertz CT molecular complexity index is 1040. The van der Waals surface area contributed by atoms with Gasteiger partial charge in [0.05, 0.1) is 28.7 Å². The van der Waals surface area contributed by atoms with E-state index in [9.17, 15) is 20.0 Å². The predicted molar refractivity (Wildman–Crippen MR) is 100 cm³/mol. The first kappa shape index (κ1) is 18.5. The maximum atomic E-state index is 12.6. The van der Waals surface area contributed by atoms with Crippen LogP contribution in [0.25, 0.3) is 10.9 Å². The van der Waals surface area contributed by atoms with Gasteiger partial charge in [-0.25, -0.2) is 4.98 Å². The van der Waals surface area contributed by atoms with E-state index in [1.807, 2.05) is 32.0 Å². The van der Waals surface area contributed by atoms with E-state index >= 15 is 0 Å².